The average molecular weight is 620 g/mol. The molecule has 0 bridgehead atoms. The smallest absolute Gasteiger partial charge is 0.326 e. The fourth-order valence-electron chi connectivity index (χ4n) is 4.02. The number of carboxylic acid groups (broad SMARTS) is 1. The number of hydrogen-bond donors (Lipinski definition) is 4. The molecule has 0 spiro atoms. The van der Waals surface area contributed by atoms with Gasteiger partial charge in [-0.15, -0.1) is 0 Å². The summed E-state index contributed by atoms with van der Waals surface area (Å²) < 4.78 is 5.31. The van der Waals surface area contributed by atoms with Crippen molar-refractivity contribution in [2.45, 2.75) is 52.2 Å². The van der Waals surface area contributed by atoms with E-state index in [9.17, 15) is 24.3 Å². The number of anilines is 1. The number of benzene rings is 2. The Balaban J connectivity index is 1.61. The molecule has 11 nitrogen and oxygen atoms in total. The second kappa shape index (κ2) is 17.4. The minimum Gasteiger partial charge on any atom is -0.480 e. The normalized spacial score (nSPS) is 13.0. The van der Waals surface area contributed by atoms with E-state index in [0.717, 1.165) is 22.7 Å². The second-order valence-corrected chi connectivity index (χ2v) is 11.1. The van der Waals surface area contributed by atoms with Gasteiger partial charge in [0.05, 0.1) is 17.6 Å². The summed E-state index contributed by atoms with van der Waals surface area (Å²) in [5.41, 5.74) is 2.27. The summed E-state index contributed by atoms with van der Waals surface area (Å²) >= 11 is 1.10. The fraction of sp³-hybridized carbons (Fsp3) is 0.312. The van der Waals surface area contributed by atoms with Gasteiger partial charge in [-0.1, -0.05) is 62.4 Å². The molecule has 0 saturated carbocycles. The zero-order valence-corrected chi connectivity index (χ0v) is 25.7. The van der Waals surface area contributed by atoms with Crippen LogP contribution in [-0.4, -0.2) is 57.2 Å². The molecule has 0 fully saturated rings. The Bertz CT molecular complexity index is 1490. The molecule has 2 amide bonds. The summed E-state index contributed by atoms with van der Waals surface area (Å²) in [5, 5.41) is 19.1. The third kappa shape index (κ3) is 11.9. The van der Waals surface area contributed by atoms with Crippen molar-refractivity contribution in [3.8, 4) is 0 Å². The Morgan fingerprint density at radius 3 is 2.45 bits per heavy atom. The predicted octanol–water partition coefficient (Wildman–Crippen LogP) is 4.81. The highest BCUT2D eigenvalue weighted by atomic mass is 32.2. The Hall–Kier alpha value is -4.71. The van der Waals surface area contributed by atoms with Gasteiger partial charge in [0.2, 0.25) is 11.8 Å². The van der Waals surface area contributed by atoms with Crippen LogP contribution < -0.4 is 16.0 Å². The number of nitrogens with one attached hydrogen (secondary N) is 3. The van der Waals surface area contributed by atoms with Gasteiger partial charge < -0.3 is 25.8 Å². The van der Waals surface area contributed by atoms with Crippen molar-refractivity contribution in [2.75, 3.05) is 11.3 Å². The van der Waals surface area contributed by atoms with Crippen LogP contribution >= 0.6 is 11.8 Å². The van der Waals surface area contributed by atoms with Crippen LogP contribution in [-0.2, 0) is 23.9 Å². The summed E-state index contributed by atoms with van der Waals surface area (Å²) in [4.78, 5) is 57.5. The van der Waals surface area contributed by atoms with Gasteiger partial charge in [-0.25, -0.2) is 9.79 Å². The van der Waals surface area contributed by atoms with Gasteiger partial charge >= 0.3 is 11.9 Å². The molecule has 0 saturated heterocycles. The van der Waals surface area contributed by atoms with Crippen LogP contribution in [0.2, 0.25) is 0 Å². The van der Waals surface area contributed by atoms with Crippen LogP contribution in [0.4, 0.5) is 5.69 Å². The van der Waals surface area contributed by atoms with Crippen molar-refractivity contribution in [1.29, 1.82) is 0 Å². The number of pyridine rings is 1. The van der Waals surface area contributed by atoms with Crippen LogP contribution in [0.3, 0.4) is 0 Å². The highest BCUT2D eigenvalue weighted by Gasteiger charge is 2.21. The first kappa shape index (κ1) is 33.8. The number of aliphatic imine (C=N–C) groups is 1. The standard InChI is InChI=1S/C32H37N5O6S/c1-21(2)19-26(31(41)42)36-28(39)16-17-29(40)43-20-44-32(37-25-13-7-11-24-12-8-18-33-30(24)25)35-22(3)34-27(38)15-14-23-9-5-4-6-10-23/h4-15,18,21-22,26H,16-17,19-20H2,1-3H3,(H,34,38)(H,35,37)(H,36,39)(H,41,42)/b15-14+/t22?,26-/m0/s1. The number of fused-ring (bicyclic) bond motifs is 1. The summed E-state index contributed by atoms with van der Waals surface area (Å²) in [6.07, 6.45) is 4.04. The molecular weight excluding hydrogens is 582 g/mol. The number of amidine groups is 1. The maximum absolute atomic E-state index is 12.5. The molecule has 1 aromatic heterocycles. The molecular formula is C32H37N5O6S. The number of esters is 1. The number of aliphatic carboxylic acids is 1. The lowest BCUT2D eigenvalue weighted by atomic mass is 10.0. The van der Waals surface area contributed by atoms with Gasteiger partial charge in [-0.3, -0.25) is 19.4 Å². The molecule has 0 radical (unpaired) electrons. The minimum absolute atomic E-state index is 0.0781. The Morgan fingerprint density at radius 1 is 0.977 bits per heavy atom. The zero-order chi connectivity index (χ0) is 31.9. The minimum atomic E-state index is -1.12. The lowest BCUT2D eigenvalue weighted by molar-refractivity contribution is -0.143. The van der Waals surface area contributed by atoms with Crippen LogP contribution in [0.25, 0.3) is 17.0 Å². The molecule has 12 heteroatoms. The summed E-state index contributed by atoms with van der Waals surface area (Å²) in [6.45, 7) is 5.43. The topological polar surface area (TPSA) is 159 Å². The van der Waals surface area contributed by atoms with Gasteiger partial charge in [0.1, 0.15) is 18.1 Å². The molecule has 3 rings (SSSR count). The van der Waals surface area contributed by atoms with E-state index < -0.39 is 30.1 Å². The number of aromatic nitrogens is 1. The number of ether oxygens (including phenoxy) is 1. The van der Waals surface area contributed by atoms with Gasteiger partial charge in [0.25, 0.3) is 0 Å². The Labute approximate surface area is 260 Å². The largest absolute Gasteiger partial charge is 0.480 e. The van der Waals surface area contributed by atoms with E-state index in [-0.39, 0.29) is 37.0 Å². The van der Waals surface area contributed by atoms with Crippen molar-refractivity contribution in [3.63, 3.8) is 0 Å². The molecule has 2 aromatic carbocycles. The number of carbonyl (C=O) groups excluding carboxylic acids is 3. The summed E-state index contributed by atoms with van der Waals surface area (Å²) in [7, 11) is 0. The molecule has 44 heavy (non-hydrogen) atoms. The monoisotopic (exact) mass is 619 g/mol. The second-order valence-electron chi connectivity index (χ2n) is 10.2. The molecule has 0 aliphatic heterocycles. The van der Waals surface area contributed by atoms with Crippen molar-refractivity contribution >= 4 is 63.3 Å². The SMILES string of the molecule is CC(C)C[C@H](NC(=O)CCC(=O)OCSC(=NC(C)NC(=O)/C=C/c1ccccc1)Nc1cccc2cccnc12)C(=O)O. The first-order chi connectivity index (χ1) is 21.1. The Kier molecular flexibility index (Phi) is 13.4. The number of hydrogen-bond acceptors (Lipinski definition) is 8. The molecule has 232 valence electrons. The van der Waals surface area contributed by atoms with Crippen molar-refractivity contribution < 1.29 is 29.0 Å². The number of amides is 2. The maximum Gasteiger partial charge on any atom is 0.326 e. The zero-order valence-electron chi connectivity index (χ0n) is 24.9. The third-order valence-corrected chi connectivity index (χ3v) is 6.79. The molecule has 4 N–H and O–H groups in total. The van der Waals surface area contributed by atoms with Crippen molar-refractivity contribution in [3.05, 3.63) is 78.5 Å². The number of thioether (sulfide) groups is 1. The van der Waals surface area contributed by atoms with Gasteiger partial charge in [-0.2, -0.15) is 0 Å². The quantitative estimate of drug-likeness (QED) is 0.0653. The van der Waals surface area contributed by atoms with E-state index in [1.165, 1.54) is 6.08 Å². The van der Waals surface area contributed by atoms with Crippen molar-refractivity contribution in [1.82, 2.24) is 15.6 Å². The van der Waals surface area contributed by atoms with Crippen LogP contribution in [0, 0.1) is 5.92 Å². The highest BCUT2D eigenvalue weighted by molar-refractivity contribution is 8.14. The van der Waals surface area contributed by atoms with Crippen molar-refractivity contribution in [2.24, 2.45) is 10.9 Å². The number of rotatable bonds is 14. The molecule has 1 unspecified atom stereocenters. The maximum atomic E-state index is 12.5. The van der Waals surface area contributed by atoms with Gasteiger partial charge in [0, 0.05) is 24.1 Å². The Morgan fingerprint density at radius 2 is 1.73 bits per heavy atom. The first-order valence-electron chi connectivity index (χ1n) is 14.1. The van der Waals surface area contributed by atoms with Crippen LogP contribution in [0.15, 0.2) is 77.9 Å². The molecule has 0 aliphatic rings. The summed E-state index contributed by atoms with van der Waals surface area (Å²) in [6, 6.07) is 17.8. The molecule has 2 atom stereocenters. The van der Waals surface area contributed by atoms with Gasteiger partial charge in [0.15, 0.2) is 5.17 Å². The van der Waals surface area contributed by atoms with E-state index in [0.29, 0.717) is 16.4 Å². The summed E-state index contributed by atoms with van der Waals surface area (Å²) in [5.74, 6) is -2.66. The van der Waals surface area contributed by atoms with E-state index in [4.69, 9.17) is 4.74 Å². The fourth-order valence-corrected chi connectivity index (χ4v) is 4.74. The molecule has 1 heterocycles. The lowest BCUT2D eigenvalue weighted by Gasteiger charge is -2.16. The molecule has 0 aliphatic carbocycles. The molecule has 3 aromatic rings. The number of nitrogens with zero attached hydrogens (tertiary/aromatic N) is 2. The number of carbonyl (C=O) groups is 4. The van der Waals surface area contributed by atoms with Crippen LogP contribution in [0.5, 0.6) is 0 Å². The number of para-hydroxylation sites is 1. The van der Waals surface area contributed by atoms with E-state index in [2.05, 4.69) is 25.9 Å². The van der Waals surface area contributed by atoms with Gasteiger partial charge in [-0.05, 0) is 54.8 Å². The first-order valence-corrected chi connectivity index (χ1v) is 15.1. The highest BCUT2D eigenvalue weighted by Crippen LogP contribution is 2.22. The van der Waals surface area contributed by atoms with E-state index in [1.807, 2.05) is 74.5 Å². The average Bonchev–Trinajstić information content (AvgIpc) is 2.99. The number of carboxylic acids is 1. The van der Waals surface area contributed by atoms with E-state index >= 15 is 0 Å². The predicted molar refractivity (Wildman–Crippen MR) is 173 cm³/mol. The van der Waals surface area contributed by atoms with E-state index in [1.54, 1.807) is 19.2 Å². The van der Waals surface area contributed by atoms with Crippen LogP contribution in [0.1, 0.15) is 45.6 Å². The lowest BCUT2D eigenvalue weighted by Crippen LogP contribution is -2.41. The third-order valence-electron chi connectivity index (χ3n) is 6.08.